The summed E-state index contributed by atoms with van der Waals surface area (Å²) in [5.74, 6) is -0.0410. The average Bonchev–Trinajstić information content (AvgIpc) is 2.52. The standard InChI is InChI=1S/C16H26N4O/c1-3-8-18-15-7-9-17-12-14(15)16(21)19-11-13-6-4-5-10-20(13)2/h7,9,12-13H,3-6,8,10-11H2,1-2H3,(H,17,18)(H,19,21). The number of aromatic nitrogens is 1. The van der Waals surface area contributed by atoms with Crippen molar-refractivity contribution in [1.82, 2.24) is 15.2 Å². The summed E-state index contributed by atoms with van der Waals surface area (Å²) in [5.41, 5.74) is 1.49. The first-order chi connectivity index (χ1) is 10.2. The van der Waals surface area contributed by atoms with Crippen LogP contribution in [0.3, 0.4) is 0 Å². The van der Waals surface area contributed by atoms with Gasteiger partial charge in [-0.3, -0.25) is 9.78 Å². The summed E-state index contributed by atoms with van der Waals surface area (Å²) in [6, 6.07) is 2.31. The predicted molar refractivity (Wildman–Crippen MR) is 85.6 cm³/mol. The van der Waals surface area contributed by atoms with E-state index in [0.717, 1.165) is 31.6 Å². The molecular formula is C16H26N4O. The Bertz CT molecular complexity index is 463. The average molecular weight is 290 g/mol. The van der Waals surface area contributed by atoms with Gasteiger partial charge in [0.05, 0.1) is 11.3 Å². The van der Waals surface area contributed by atoms with E-state index in [1.54, 1.807) is 12.4 Å². The van der Waals surface area contributed by atoms with Crippen molar-refractivity contribution >= 4 is 11.6 Å². The first-order valence-electron chi connectivity index (χ1n) is 7.88. The molecule has 0 radical (unpaired) electrons. The highest BCUT2D eigenvalue weighted by Crippen LogP contribution is 2.16. The molecule has 0 aliphatic carbocycles. The van der Waals surface area contributed by atoms with Crippen LogP contribution in [0.4, 0.5) is 5.69 Å². The lowest BCUT2D eigenvalue weighted by atomic mass is 10.0. The fourth-order valence-electron chi connectivity index (χ4n) is 2.70. The van der Waals surface area contributed by atoms with Crippen LogP contribution in [0.15, 0.2) is 18.5 Å². The van der Waals surface area contributed by atoms with Crippen molar-refractivity contribution in [3.05, 3.63) is 24.0 Å². The molecule has 0 bridgehead atoms. The molecular weight excluding hydrogens is 264 g/mol. The Balaban J connectivity index is 1.93. The van der Waals surface area contributed by atoms with Crippen molar-refractivity contribution < 1.29 is 4.79 Å². The van der Waals surface area contributed by atoms with Crippen molar-refractivity contribution in [3.8, 4) is 0 Å². The highest BCUT2D eigenvalue weighted by Gasteiger charge is 2.20. The predicted octanol–water partition coefficient (Wildman–Crippen LogP) is 2.12. The van der Waals surface area contributed by atoms with Crippen LogP contribution in [0, 0.1) is 0 Å². The molecule has 21 heavy (non-hydrogen) atoms. The Labute approximate surface area is 127 Å². The van der Waals surface area contributed by atoms with Crippen molar-refractivity contribution in [3.63, 3.8) is 0 Å². The summed E-state index contributed by atoms with van der Waals surface area (Å²) in [5, 5.41) is 6.33. The number of anilines is 1. The van der Waals surface area contributed by atoms with Crippen LogP contribution < -0.4 is 10.6 Å². The summed E-state index contributed by atoms with van der Waals surface area (Å²) in [4.78, 5) is 18.8. The zero-order valence-electron chi connectivity index (χ0n) is 13.1. The zero-order chi connectivity index (χ0) is 15.1. The summed E-state index contributed by atoms with van der Waals surface area (Å²) in [6.45, 7) is 4.79. The van der Waals surface area contributed by atoms with Crippen LogP contribution in [0.2, 0.25) is 0 Å². The van der Waals surface area contributed by atoms with Crippen molar-refractivity contribution in [2.24, 2.45) is 0 Å². The molecule has 1 atom stereocenters. The summed E-state index contributed by atoms with van der Waals surface area (Å²) in [6.07, 6.45) is 8.04. The number of piperidine rings is 1. The Kier molecular flexibility index (Phi) is 5.99. The number of carbonyl (C=O) groups is 1. The maximum Gasteiger partial charge on any atom is 0.255 e. The summed E-state index contributed by atoms with van der Waals surface area (Å²) < 4.78 is 0. The van der Waals surface area contributed by atoms with Gasteiger partial charge in [-0.15, -0.1) is 0 Å². The lowest BCUT2D eigenvalue weighted by Gasteiger charge is -2.32. The second kappa shape index (κ2) is 7.98. The van der Waals surface area contributed by atoms with E-state index in [1.807, 2.05) is 6.07 Å². The van der Waals surface area contributed by atoms with Crippen LogP contribution in [0.5, 0.6) is 0 Å². The monoisotopic (exact) mass is 290 g/mol. The minimum atomic E-state index is -0.0410. The van der Waals surface area contributed by atoms with Gasteiger partial charge in [-0.2, -0.15) is 0 Å². The number of carbonyl (C=O) groups excluding carboxylic acids is 1. The fraction of sp³-hybridized carbons (Fsp3) is 0.625. The fourth-order valence-corrected chi connectivity index (χ4v) is 2.70. The van der Waals surface area contributed by atoms with Crippen LogP contribution in [-0.2, 0) is 0 Å². The third-order valence-electron chi connectivity index (χ3n) is 4.05. The number of nitrogens with zero attached hydrogens (tertiary/aromatic N) is 2. The van der Waals surface area contributed by atoms with E-state index < -0.39 is 0 Å². The lowest BCUT2D eigenvalue weighted by molar-refractivity contribution is 0.0929. The minimum Gasteiger partial charge on any atom is -0.384 e. The minimum absolute atomic E-state index is 0.0410. The van der Waals surface area contributed by atoms with E-state index in [2.05, 4.69) is 34.5 Å². The topological polar surface area (TPSA) is 57.3 Å². The molecule has 0 saturated carbocycles. The Morgan fingerprint density at radius 1 is 1.48 bits per heavy atom. The normalized spacial score (nSPS) is 19.2. The highest BCUT2D eigenvalue weighted by molar-refractivity contribution is 5.99. The van der Waals surface area contributed by atoms with E-state index in [4.69, 9.17) is 0 Å². The van der Waals surface area contributed by atoms with Crippen LogP contribution in [0.1, 0.15) is 43.0 Å². The number of likely N-dealkylation sites (N-methyl/N-ethyl adjacent to an activating group) is 1. The molecule has 116 valence electrons. The molecule has 1 amide bonds. The van der Waals surface area contributed by atoms with Gasteiger partial charge in [0.15, 0.2) is 0 Å². The van der Waals surface area contributed by atoms with Gasteiger partial charge in [-0.05, 0) is 38.9 Å². The summed E-state index contributed by atoms with van der Waals surface area (Å²) in [7, 11) is 2.13. The zero-order valence-corrected chi connectivity index (χ0v) is 13.1. The number of hydrogen-bond donors (Lipinski definition) is 2. The third kappa shape index (κ3) is 4.43. The molecule has 1 aromatic rings. The van der Waals surface area contributed by atoms with Crippen molar-refractivity contribution in [2.75, 3.05) is 32.0 Å². The van der Waals surface area contributed by atoms with E-state index in [1.165, 1.54) is 12.8 Å². The van der Waals surface area contributed by atoms with E-state index in [-0.39, 0.29) is 5.91 Å². The van der Waals surface area contributed by atoms with Gasteiger partial charge in [0.2, 0.25) is 0 Å². The van der Waals surface area contributed by atoms with Crippen LogP contribution in [0.25, 0.3) is 0 Å². The summed E-state index contributed by atoms with van der Waals surface area (Å²) >= 11 is 0. The first-order valence-corrected chi connectivity index (χ1v) is 7.88. The maximum atomic E-state index is 12.4. The largest absolute Gasteiger partial charge is 0.384 e. The van der Waals surface area contributed by atoms with Gasteiger partial charge in [-0.1, -0.05) is 13.3 Å². The molecule has 1 aromatic heterocycles. The smallest absolute Gasteiger partial charge is 0.255 e. The number of likely N-dealkylation sites (tertiary alicyclic amines) is 1. The second-order valence-electron chi connectivity index (χ2n) is 5.69. The molecule has 1 fully saturated rings. The maximum absolute atomic E-state index is 12.4. The lowest BCUT2D eigenvalue weighted by Crippen LogP contribution is -2.44. The van der Waals surface area contributed by atoms with Gasteiger partial charge >= 0.3 is 0 Å². The van der Waals surface area contributed by atoms with Gasteiger partial charge in [0, 0.05) is 31.5 Å². The van der Waals surface area contributed by atoms with E-state index in [0.29, 0.717) is 18.2 Å². The van der Waals surface area contributed by atoms with Crippen molar-refractivity contribution in [1.29, 1.82) is 0 Å². The van der Waals surface area contributed by atoms with E-state index >= 15 is 0 Å². The number of rotatable bonds is 6. The van der Waals surface area contributed by atoms with E-state index in [9.17, 15) is 4.79 Å². The quantitative estimate of drug-likeness (QED) is 0.842. The van der Waals surface area contributed by atoms with Gasteiger partial charge in [0.1, 0.15) is 0 Å². The SMILES string of the molecule is CCCNc1ccncc1C(=O)NCC1CCCCN1C. The molecule has 5 heteroatoms. The molecule has 0 aromatic carbocycles. The molecule has 1 aliphatic rings. The molecule has 1 aliphatic heterocycles. The van der Waals surface area contributed by atoms with Crippen LogP contribution >= 0.6 is 0 Å². The van der Waals surface area contributed by atoms with Crippen LogP contribution in [-0.4, -0.2) is 48.5 Å². The van der Waals surface area contributed by atoms with Gasteiger partial charge in [-0.25, -0.2) is 0 Å². The molecule has 5 nitrogen and oxygen atoms in total. The number of pyridine rings is 1. The Morgan fingerprint density at radius 2 is 2.33 bits per heavy atom. The first kappa shape index (κ1) is 15.8. The molecule has 0 spiro atoms. The highest BCUT2D eigenvalue weighted by atomic mass is 16.1. The molecule has 1 saturated heterocycles. The second-order valence-corrected chi connectivity index (χ2v) is 5.69. The molecule has 1 unspecified atom stereocenters. The molecule has 2 N–H and O–H groups in total. The Morgan fingerprint density at radius 3 is 3.10 bits per heavy atom. The van der Waals surface area contributed by atoms with Gasteiger partial charge < -0.3 is 15.5 Å². The third-order valence-corrected chi connectivity index (χ3v) is 4.05. The Hall–Kier alpha value is -1.62. The van der Waals surface area contributed by atoms with Crippen molar-refractivity contribution in [2.45, 2.75) is 38.6 Å². The van der Waals surface area contributed by atoms with Gasteiger partial charge in [0.25, 0.3) is 5.91 Å². The number of nitrogens with one attached hydrogen (secondary N) is 2. The number of amides is 1. The number of hydrogen-bond acceptors (Lipinski definition) is 4. The molecule has 2 rings (SSSR count). The molecule has 2 heterocycles.